The fourth-order valence-electron chi connectivity index (χ4n) is 11.2. The van der Waals surface area contributed by atoms with E-state index in [0.29, 0.717) is 6.67 Å². The van der Waals surface area contributed by atoms with Gasteiger partial charge in [-0.25, -0.2) is 4.98 Å². The number of aromatic nitrogens is 2. The summed E-state index contributed by atoms with van der Waals surface area (Å²) in [5, 5.41) is 2.35. The Morgan fingerprint density at radius 3 is 2.12 bits per heavy atom. The summed E-state index contributed by atoms with van der Waals surface area (Å²) in [5.74, 6) is 4.92. The monoisotopic (exact) mass is 899 g/mol. The van der Waals surface area contributed by atoms with E-state index in [2.05, 4.69) is 250 Å². The average molecular weight is 900 g/mol. The summed E-state index contributed by atoms with van der Waals surface area (Å²) in [6.45, 7) is 17.0. The normalized spacial score (nSPS) is 17.1. The molecule has 6 aromatic carbocycles. The maximum atomic E-state index is 6.83. The minimum Gasteiger partial charge on any atom is -0.457 e. The highest BCUT2D eigenvalue weighted by Crippen LogP contribution is 2.49. The van der Waals surface area contributed by atoms with Gasteiger partial charge in [-0.15, -0.1) is 0 Å². The molecular weight excluding hydrogens is 842 g/mol. The molecule has 0 spiro atoms. The summed E-state index contributed by atoms with van der Waals surface area (Å²) in [5.41, 5.74) is 16.2. The largest absolute Gasteiger partial charge is 0.457 e. The summed E-state index contributed by atoms with van der Waals surface area (Å²) in [6, 6.07) is 54.8. The van der Waals surface area contributed by atoms with Crippen LogP contribution in [0.25, 0.3) is 38.8 Å². The lowest BCUT2D eigenvalue weighted by molar-refractivity contribution is 0.332. The summed E-state index contributed by atoms with van der Waals surface area (Å²) in [4.78, 5) is 12.2. The summed E-state index contributed by atoms with van der Waals surface area (Å²) >= 11 is 0. The van der Waals surface area contributed by atoms with Crippen LogP contribution in [0.1, 0.15) is 89.1 Å². The van der Waals surface area contributed by atoms with Crippen molar-refractivity contribution in [2.45, 2.75) is 77.6 Å². The maximum absolute atomic E-state index is 6.83. The molecule has 4 aliphatic rings. The predicted molar refractivity (Wildman–Crippen MR) is 289 cm³/mol. The second-order valence-corrected chi connectivity index (χ2v) is 21.6. The van der Waals surface area contributed by atoms with Gasteiger partial charge in [-0.1, -0.05) is 139 Å². The van der Waals surface area contributed by atoms with Crippen molar-refractivity contribution in [2.75, 3.05) is 16.5 Å². The van der Waals surface area contributed by atoms with E-state index >= 15 is 0 Å². The van der Waals surface area contributed by atoms with Gasteiger partial charge in [0.25, 0.3) is 0 Å². The van der Waals surface area contributed by atoms with Gasteiger partial charge in [-0.05, 0) is 147 Å². The number of benzene rings is 6. The number of nitrogens with zero attached hydrogens (tertiary/aromatic N) is 5. The van der Waals surface area contributed by atoms with Crippen LogP contribution in [0, 0.1) is 0 Å². The molecule has 0 fully saturated rings. The molecule has 8 aromatic rings. The lowest BCUT2D eigenvalue weighted by atomic mass is 9.51. The van der Waals surface area contributed by atoms with Gasteiger partial charge in [0.1, 0.15) is 17.3 Å². The number of hydrogen-bond acceptors (Lipinski definition) is 5. The van der Waals surface area contributed by atoms with Crippen LogP contribution in [0.2, 0.25) is 0 Å². The van der Waals surface area contributed by atoms with Crippen molar-refractivity contribution < 1.29 is 4.74 Å². The van der Waals surface area contributed by atoms with Gasteiger partial charge in [-0.3, -0.25) is 4.57 Å². The molecule has 1 aliphatic carbocycles. The molecule has 0 N–H and O–H groups in total. The van der Waals surface area contributed by atoms with Crippen molar-refractivity contribution >= 4 is 56.9 Å². The van der Waals surface area contributed by atoms with Gasteiger partial charge in [0.05, 0.1) is 29.1 Å². The third-order valence-corrected chi connectivity index (χ3v) is 15.2. The van der Waals surface area contributed by atoms with E-state index in [-0.39, 0.29) is 23.1 Å². The predicted octanol–water partition coefficient (Wildman–Crippen LogP) is 15.5. The number of rotatable bonds is 7. The molecule has 2 aromatic heterocycles. The average Bonchev–Trinajstić information content (AvgIpc) is 3.91. The Morgan fingerprint density at radius 1 is 0.594 bits per heavy atom. The molecule has 0 saturated heterocycles. The second kappa shape index (κ2) is 16.1. The Labute approximate surface area is 407 Å². The Kier molecular flexibility index (Phi) is 9.96. The van der Waals surface area contributed by atoms with Crippen molar-refractivity contribution in [2.24, 2.45) is 0 Å². The number of hydrogen-bond donors (Lipinski definition) is 0. The van der Waals surface area contributed by atoms with E-state index in [0.717, 1.165) is 45.1 Å². The zero-order chi connectivity index (χ0) is 47.2. The molecule has 340 valence electrons. The van der Waals surface area contributed by atoms with Crippen molar-refractivity contribution in [3.8, 4) is 17.3 Å². The van der Waals surface area contributed by atoms with Crippen LogP contribution in [0.3, 0.4) is 0 Å². The van der Waals surface area contributed by atoms with Crippen LogP contribution < -0.4 is 14.5 Å². The Hall–Kier alpha value is -7.51. The SMILES string of the molecule is CC(C)(C)c1ccnc(-n2c3ccccc3c3ccc(Oc4cccc(N5CN(C6=C(c7ccccc7)C=CN7C=CC(c8ccc9c(c8)C(C)(C)CCC9(C)C)=CB67)c6ccccc65)c4)cc32)c1. The summed E-state index contributed by atoms with van der Waals surface area (Å²) in [7, 11) is 0. The van der Waals surface area contributed by atoms with Crippen LogP contribution in [0.15, 0.2) is 194 Å². The minimum atomic E-state index is -0.0370. The number of fused-ring (bicyclic) bond motifs is 6. The zero-order valence-corrected chi connectivity index (χ0v) is 40.7. The van der Waals surface area contributed by atoms with Crippen LogP contribution in [0.5, 0.6) is 11.5 Å². The van der Waals surface area contributed by atoms with Gasteiger partial charge in [-0.2, -0.15) is 0 Å². The molecule has 0 amide bonds. The van der Waals surface area contributed by atoms with E-state index in [1.165, 1.54) is 68.5 Å². The quantitative estimate of drug-likeness (QED) is 0.149. The maximum Gasteiger partial charge on any atom is 0.338 e. The standard InChI is InChI=1S/C62H58BN5O/c1-60(2,3)45-28-33-64-58(37-45)68-54-21-12-11-20-50(54)51-26-25-48(39-57(51)68)69-47-19-15-18-46(38-47)66-41-67(56-23-14-13-22-55(56)66)59-49(42-16-9-8-10-17-42)30-35-65-34-29-44(40-63(59)65)43-24-27-52-53(36-43)62(6,7)32-31-61(52,4)5/h8-30,33-40H,31-32,41H2,1-7H3. The van der Waals surface area contributed by atoms with E-state index in [1.807, 2.05) is 6.20 Å². The van der Waals surface area contributed by atoms with Crippen molar-refractivity contribution in [3.05, 3.63) is 222 Å². The Bertz CT molecular complexity index is 3480. The van der Waals surface area contributed by atoms with Gasteiger partial charge in [0.2, 0.25) is 0 Å². The van der Waals surface area contributed by atoms with Gasteiger partial charge < -0.3 is 19.3 Å². The lowest BCUT2D eigenvalue weighted by Gasteiger charge is -2.42. The van der Waals surface area contributed by atoms with Gasteiger partial charge in [0, 0.05) is 40.4 Å². The summed E-state index contributed by atoms with van der Waals surface area (Å²) < 4.78 is 9.10. The highest BCUT2D eigenvalue weighted by molar-refractivity contribution is 6.73. The van der Waals surface area contributed by atoms with Crippen LogP contribution in [-0.2, 0) is 16.2 Å². The number of para-hydroxylation sites is 3. The molecule has 5 heterocycles. The molecular formula is C62H58BN5O. The smallest absolute Gasteiger partial charge is 0.338 e. The first-order valence-electron chi connectivity index (χ1n) is 24.5. The molecule has 7 heteroatoms. The van der Waals surface area contributed by atoms with E-state index in [9.17, 15) is 0 Å². The molecule has 0 radical (unpaired) electrons. The molecule has 3 aliphatic heterocycles. The highest BCUT2D eigenvalue weighted by atomic mass is 16.5. The van der Waals surface area contributed by atoms with Crippen LogP contribution in [0.4, 0.5) is 17.1 Å². The van der Waals surface area contributed by atoms with Crippen molar-refractivity contribution in [1.29, 1.82) is 0 Å². The Balaban J connectivity index is 0.910. The molecule has 0 bridgehead atoms. The molecule has 12 rings (SSSR count). The zero-order valence-electron chi connectivity index (χ0n) is 40.7. The number of anilines is 3. The van der Waals surface area contributed by atoms with E-state index < -0.39 is 0 Å². The molecule has 0 saturated carbocycles. The lowest BCUT2D eigenvalue weighted by Crippen LogP contribution is -2.44. The van der Waals surface area contributed by atoms with Gasteiger partial charge in [0.15, 0.2) is 0 Å². The Morgan fingerprint density at radius 2 is 1.30 bits per heavy atom. The first-order valence-corrected chi connectivity index (χ1v) is 24.5. The first-order chi connectivity index (χ1) is 33.3. The van der Waals surface area contributed by atoms with Crippen LogP contribution >= 0.6 is 0 Å². The fraction of sp³-hybridized carbons (Fsp3) is 0.210. The molecule has 6 nitrogen and oxygen atoms in total. The first kappa shape index (κ1) is 42.8. The number of ether oxygens (including phenoxy) is 1. The van der Waals surface area contributed by atoms with Gasteiger partial charge >= 0.3 is 6.85 Å². The molecule has 69 heavy (non-hydrogen) atoms. The van der Waals surface area contributed by atoms with Crippen LogP contribution in [-0.4, -0.2) is 27.9 Å². The summed E-state index contributed by atoms with van der Waals surface area (Å²) in [6.07, 6.45) is 13.4. The van der Waals surface area contributed by atoms with Crippen molar-refractivity contribution in [3.63, 3.8) is 0 Å². The third kappa shape index (κ3) is 7.38. The number of allylic oxidation sites excluding steroid dienone is 4. The van der Waals surface area contributed by atoms with Crippen molar-refractivity contribution in [1.82, 2.24) is 14.4 Å². The fourth-order valence-corrected chi connectivity index (χ4v) is 11.2. The topological polar surface area (TPSA) is 36.8 Å². The minimum absolute atomic E-state index is 0.0108. The molecule has 0 atom stereocenters. The van der Waals surface area contributed by atoms with E-state index in [1.54, 1.807) is 0 Å². The number of pyridine rings is 1. The molecule has 0 unspecified atom stereocenters. The third-order valence-electron chi connectivity index (χ3n) is 15.2. The second-order valence-electron chi connectivity index (χ2n) is 21.6. The highest BCUT2D eigenvalue weighted by Gasteiger charge is 2.41. The van der Waals surface area contributed by atoms with E-state index in [4.69, 9.17) is 9.72 Å².